The average Bonchev–Trinajstić information content (AvgIpc) is 2.26. The van der Waals surface area contributed by atoms with E-state index in [4.69, 9.17) is 10.5 Å². The summed E-state index contributed by atoms with van der Waals surface area (Å²) in [6, 6.07) is 4.09. The van der Waals surface area contributed by atoms with E-state index in [9.17, 15) is 17.6 Å². The van der Waals surface area contributed by atoms with Crippen molar-refractivity contribution in [2.75, 3.05) is 19.5 Å². The summed E-state index contributed by atoms with van der Waals surface area (Å²) in [5, 5.41) is 0. The molecule has 3 nitrogen and oxygen atoms in total. The highest BCUT2D eigenvalue weighted by molar-refractivity contribution is 5.51. The van der Waals surface area contributed by atoms with Gasteiger partial charge in [0.1, 0.15) is 0 Å². The zero-order valence-corrected chi connectivity index (χ0v) is 8.92. The van der Waals surface area contributed by atoms with E-state index in [2.05, 4.69) is 4.74 Å². The molecule has 0 atom stereocenters. The van der Waals surface area contributed by atoms with Crippen molar-refractivity contribution in [1.29, 1.82) is 0 Å². The topological polar surface area (TPSA) is 44.5 Å². The number of benzene rings is 1. The summed E-state index contributed by atoms with van der Waals surface area (Å²) in [6.07, 6.45) is -3.78. The van der Waals surface area contributed by atoms with E-state index < -0.39 is 19.0 Å². The SMILES string of the molecule is COc1ccc(N)cc1OCC(F)(F)C(F)F. The lowest BCUT2D eigenvalue weighted by molar-refractivity contribution is -0.148. The van der Waals surface area contributed by atoms with Gasteiger partial charge >= 0.3 is 12.3 Å². The third kappa shape index (κ3) is 3.40. The van der Waals surface area contributed by atoms with Crippen LogP contribution in [0.3, 0.4) is 0 Å². The normalized spacial score (nSPS) is 11.6. The second-order valence-electron chi connectivity index (χ2n) is 3.26. The van der Waals surface area contributed by atoms with Crippen LogP contribution in [0.25, 0.3) is 0 Å². The van der Waals surface area contributed by atoms with E-state index in [0.717, 1.165) is 0 Å². The summed E-state index contributed by atoms with van der Waals surface area (Å²) in [7, 11) is 1.30. The first kappa shape index (κ1) is 13.4. The molecule has 0 radical (unpaired) electrons. The molecule has 96 valence electrons. The quantitative estimate of drug-likeness (QED) is 0.648. The summed E-state index contributed by atoms with van der Waals surface area (Å²) in [4.78, 5) is 0. The molecule has 7 heteroatoms. The minimum Gasteiger partial charge on any atom is -0.493 e. The van der Waals surface area contributed by atoms with Gasteiger partial charge in [-0.3, -0.25) is 0 Å². The molecule has 1 rings (SSSR count). The minimum atomic E-state index is -4.21. The van der Waals surface area contributed by atoms with Crippen LogP contribution in [0.5, 0.6) is 11.5 Å². The van der Waals surface area contributed by atoms with Crippen LogP contribution in [0.15, 0.2) is 18.2 Å². The van der Waals surface area contributed by atoms with Crippen molar-refractivity contribution in [3.05, 3.63) is 18.2 Å². The van der Waals surface area contributed by atoms with Crippen LogP contribution in [0.1, 0.15) is 0 Å². The number of ether oxygens (including phenoxy) is 2. The Hall–Kier alpha value is -1.66. The molecule has 0 saturated heterocycles. The highest BCUT2D eigenvalue weighted by atomic mass is 19.3. The number of hydrogen-bond donors (Lipinski definition) is 1. The second kappa shape index (κ2) is 5.11. The minimum absolute atomic E-state index is 0.104. The molecular formula is C10H11F4NO2. The molecule has 2 N–H and O–H groups in total. The van der Waals surface area contributed by atoms with E-state index in [1.807, 2.05) is 0 Å². The molecule has 1 aromatic carbocycles. The molecule has 0 spiro atoms. The number of nitrogen functional groups attached to an aromatic ring is 1. The van der Waals surface area contributed by atoms with Gasteiger partial charge in [-0.05, 0) is 12.1 Å². The van der Waals surface area contributed by atoms with Gasteiger partial charge in [-0.1, -0.05) is 0 Å². The second-order valence-corrected chi connectivity index (χ2v) is 3.26. The van der Waals surface area contributed by atoms with E-state index >= 15 is 0 Å². The molecule has 0 amide bonds. The molecule has 1 aromatic rings. The van der Waals surface area contributed by atoms with Gasteiger partial charge in [-0.2, -0.15) is 8.78 Å². The molecule has 0 aliphatic rings. The fourth-order valence-corrected chi connectivity index (χ4v) is 1.04. The van der Waals surface area contributed by atoms with Crippen LogP contribution >= 0.6 is 0 Å². The van der Waals surface area contributed by atoms with Crippen molar-refractivity contribution in [2.45, 2.75) is 12.3 Å². The molecule has 0 unspecified atom stereocenters. The predicted molar refractivity (Wildman–Crippen MR) is 53.9 cm³/mol. The fourth-order valence-electron chi connectivity index (χ4n) is 1.04. The third-order valence-electron chi connectivity index (χ3n) is 1.93. The van der Waals surface area contributed by atoms with Gasteiger partial charge in [-0.25, -0.2) is 8.78 Å². The van der Waals surface area contributed by atoms with Crippen LogP contribution in [-0.4, -0.2) is 26.1 Å². The van der Waals surface area contributed by atoms with Crippen LogP contribution in [0.4, 0.5) is 23.2 Å². The fraction of sp³-hybridized carbons (Fsp3) is 0.400. The number of anilines is 1. The molecule has 17 heavy (non-hydrogen) atoms. The van der Waals surface area contributed by atoms with Gasteiger partial charge in [0.15, 0.2) is 18.1 Å². The largest absolute Gasteiger partial charge is 0.493 e. The summed E-state index contributed by atoms with van der Waals surface area (Å²) in [5.74, 6) is -4.17. The third-order valence-corrected chi connectivity index (χ3v) is 1.93. The van der Waals surface area contributed by atoms with Gasteiger partial charge in [0.2, 0.25) is 0 Å². The Morgan fingerprint density at radius 3 is 2.47 bits per heavy atom. The number of rotatable bonds is 5. The monoisotopic (exact) mass is 253 g/mol. The lowest BCUT2D eigenvalue weighted by Crippen LogP contribution is -2.33. The molecule has 0 aliphatic heterocycles. The number of methoxy groups -OCH3 is 1. The van der Waals surface area contributed by atoms with E-state index in [1.165, 1.54) is 25.3 Å². The summed E-state index contributed by atoms with van der Waals surface area (Å²) in [5.41, 5.74) is 5.66. The molecule has 0 heterocycles. The van der Waals surface area contributed by atoms with Gasteiger partial charge < -0.3 is 15.2 Å². The first-order chi connectivity index (χ1) is 7.86. The zero-order valence-electron chi connectivity index (χ0n) is 8.92. The first-order valence-electron chi connectivity index (χ1n) is 4.59. The van der Waals surface area contributed by atoms with Crippen LogP contribution in [0, 0.1) is 0 Å². The average molecular weight is 253 g/mol. The first-order valence-corrected chi connectivity index (χ1v) is 4.59. The van der Waals surface area contributed by atoms with Crippen molar-refractivity contribution in [2.24, 2.45) is 0 Å². The number of halogens is 4. The molecular weight excluding hydrogens is 242 g/mol. The molecule has 0 saturated carbocycles. The zero-order chi connectivity index (χ0) is 13.1. The number of nitrogens with two attached hydrogens (primary N) is 1. The Morgan fingerprint density at radius 1 is 1.29 bits per heavy atom. The maximum absolute atomic E-state index is 12.6. The van der Waals surface area contributed by atoms with Gasteiger partial charge in [0.25, 0.3) is 0 Å². The predicted octanol–water partition coefficient (Wildman–Crippen LogP) is 2.56. The molecule has 0 bridgehead atoms. The summed E-state index contributed by atoms with van der Waals surface area (Å²) in [6.45, 7) is -1.44. The maximum atomic E-state index is 12.6. The summed E-state index contributed by atoms with van der Waals surface area (Å²) < 4.78 is 58.4. The van der Waals surface area contributed by atoms with Gasteiger partial charge in [0.05, 0.1) is 7.11 Å². The van der Waals surface area contributed by atoms with Crippen LogP contribution in [0.2, 0.25) is 0 Å². The lowest BCUT2D eigenvalue weighted by atomic mass is 10.3. The Bertz CT molecular complexity index is 385. The van der Waals surface area contributed by atoms with Crippen molar-refractivity contribution in [3.63, 3.8) is 0 Å². The molecule has 0 aromatic heterocycles. The molecule has 0 fully saturated rings. The molecule has 0 aliphatic carbocycles. The highest BCUT2D eigenvalue weighted by Gasteiger charge is 2.41. The summed E-state index contributed by atoms with van der Waals surface area (Å²) >= 11 is 0. The maximum Gasteiger partial charge on any atom is 0.340 e. The number of alkyl halides is 4. The van der Waals surface area contributed by atoms with Crippen molar-refractivity contribution in [1.82, 2.24) is 0 Å². The van der Waals surface area contributed by atoms with E-state index in [0.29, 0.717) is 0 Å². The van der Waals surface area contributed by atoms with Crippen molar-refractivity contribution >= 4 is 5.69 Å². The number of hydrogen-bond acceptors (Lipinski definition) is 3. The van der Waals surface area contributed by atoms with Crippen LogP contribution < -0.4 is 15.2 Å². The Kier molecular flexibility index (Phi) is 4.03. The Labute approximate surface area is 95.1 Å². The van der Waals surface area contributed by atoms with Crippen molar-refractivity contribution in [3.8, 4) is 11.5 Å². The lowest BCUT2D eigenvalue weighted by Gasteiger charge is -2.17. The Balaban J connectivity index is 2.78. The highest BCUT2D eigenvalue weighted by Crippen LogP contribution is 2.31. The van der Waals surface area contributed by atoms with E-state index in [1.54, 1.807) is 0 Å². The Morgan fingerprint density at radius 2 is 1.94 bits per heavy atom. The van der Waals surface area contributed by atoms with E-state index in [-0.39, 0.29) is 17.2 Å². The van der Waals surface area contributed by atoms with Gasteiger partial charge in [0, 0.05) is 11.8 Å². The van der Waals surface area contributed by atoms with Crippen molar-refractivity contribution < 1.29 is 27.0 Å². The van der Waals surface area contributed by atoms with Crippen LogP contribution in [-0.2, 0) is 0 Å². The van der Waals surface area contributed by atoms with Gasteiger partial charge in [-0.15, -0.1) is 0 Å². The smallest absolute Gasteiger partial charge is 0.340 e. The standard InChI is InChI=1S/C10H11F4NO2/c1-16-7-3-2-6(15)4-8(7)17-5-10(13,14)9(11)12/h2-4,9H,5,15H2,1H3.